The molecule has 0 saturated carbocycles. The smallest absolute Gasteiger partial charge is 0.251 e. The number of ether oxygens (including phenoxy) is 1. The highest BCUT2D eigenvalue weighted by Crippen LogP contribution is 2.11. The lowest BCUT2D eigenvalue weighted by Gasteiger charge is -2.07. The van der Waals surface area contributed by atoms with E-state index in [4.69, 9.17) is 10.5 Å². The third-order valence-corrected chi connectivity index (χ3v) is 2.25. The lowest BCUT2D eigenvalue weighted by molar-refractivity contribution is -0.119. The normalized spacial score (nSPS) is 9.67. The van der Waals surface area contributed by atoms with Gasteiger partial charge in [0.1, 0.15) is 5.75 Å². The Morgan fingerprint density at radius 2 is 2.00 bits per heavy atom. The minimum Gasteiger partial charge on any atom is -0.497 e. The van der Waals surface area contributed by atoms with Crippen molar-refractivity contribution in [3.63, 3.8) is 0 Å². The van der Waals surface area contributed by atoms with Crippen LogP contribution in [0.15, 0.2) is 24.3 Å². The van der Waals surface area contributed by atoms with Crippen molar-refractivity contribution in [2.45, 2.75) is 0 Å². The summed E-state index contributed by atoms with van der Waals surface area (Å²) in [5.74, 6) is 0.167. The number of rotatable bonds is 6. The second kappa shape index (κ2) is 7.29. The highest BCUT2D eigenvalue weighted by Gasteiger charge is 2.05. The average molecular weight is 251 g/mol. The van der Waals surface area contributed by atoms with Crippen molar-refractivity contribution in [3.05, 3.63) is 29.8 Å². The fraction of sp³-hybridized carbons (Fsp3) is 0.333. The second-order valence-corrected chi connectivity index (χ2v) is 3.54. The molecule has 0 aliphatic carbocycles. The summed E-state index contributed by atoms with van der Waals surface area (Å²) in [5.41, 5.74) is 5.64. The number of methoxy groups -OCH3 is 1. The Hall–Kier alpha value is -2.08. The van der Waals surface area contributed by atoms with E-state index in [0.717, 1.165) is 0 Å². The molecule has 0 atom stereocenters. The zero-order chi connectivity index (χ0) is 13.4. The predicted octanol–water partition coefficient (Wildman–Crippen LogP) is -0.500. The molecule has 0 unspecified atom stereocenters. The molecule has 18 heavy (non-hydrogen) atoms. The largest absolute Gasteiger partial charge is 0.497 e. The first kappa shape index (κ1) is 14.0. The van der Waals surface area contributed by atoms with Crippen LogP contribution < -0.4 is 21.1 Å². The minimum atomic E-state index is -0.245. The summed E-state index contributed by atoms with van der Waals surface area (Å²) in [4.78, 5) is 22.6. The van der Waals surface area contributed by atoms with Crippen LogP contribution in [0.4, 0.5) is 0 Å². The fourth-order valence-corrected chi connectivity index (χ4v) is 1.32. The average Bonchev–Trinajstić information content (AvgIpc) is 2.43. The summed E-state index contributed by atoms with van der Waals surface area (Å²) in [5, 5.41) is 5.24. The lowest BCUT2D eigenvalue weighted by atomic mass is 10.2. The van der Waals surface area contributed by atoms with Gasteiger partial charge in [-0.3, -0.25) is 9.59 Å². The van der Waals surface area contributed by atoms with Crippen LogP contribution in [0.25, 0.3) is 0 Å². The summed E-state index contributed by atoms with van der Waals surface area (Å²) in [6.07, 6.45) is 0. The van der Waals surface area contributed by atoms with E-state index in [1.165, 1.54) is 0 Å². The third kappa shape index (κ3) is 4.42. The quantitative estimate of drug-likeness (QED) is 0.594. The second-order valence-electron chi connectivity index (χ2n) is 3.54. The van der Waals surface area contributed by atoms with Crippen molar-refractivity contribution in [1.29, 1.82) is 0 Å². The Labute approximate surface area is 105 Å². The van der Waals surface area contributed by atoms with E-state index < -0.39 is 0 Å². The number of carbonyl (C=O) groups is 2. The Morgan fingerprint density at radius 1 is 1.28 bits per heavy atom. The van der Waals surface area contributed by atoms with Crippen LogP contribution in [0.1, 0.15) is 10.4 Å². The first-order valence-corrected chi connectivity index (χ1v) is 5.56. The molecule has 1 aromatic rings. The van der Waals surface area contributed by atoms with Gasteiger partial charge in [0.15, 0.2) is 0 Å². The molecule has 4 N–H and O–H groups in total. The molecule has 0 aliphatic heterocycles. The number of benzene rings is 1. The molecule has 1 rings (SSSR count). The van der Waals surface area contributed by atoms with Crippen LogP contribution in [0, 0.1) is 0 Å². The van der Waals surface area contributed by atoms with Crippen LogP contribution in [-0.2, 0) is 4.79 Å². The maximum atomic E-state index is 11.7. The van der Waals surface area contributed by atoms with Crippen LogP contribution in [0.2, 0.25) is 0 Å². The van der Waals surface area contributed by atoms with Crippen LogP contribution in [-0.4, -0.2) is 38.6 Å². The van der Waals surface area contributed by atoms with Crippen LogP contribution in [0.3, 0.4) is 0 Å². The Balaban J connectivity index is 2.38. The molecular formula is C12H17N3O3. The number of hydrogen-bond acceptors (Lipinski definition) is 4. The Kier molecular flexibility index (Phi) is 5.66. The monoisotopic (exact) mass is 251 g/mol. The molecule has 0 saturated heterocycles. The van der Waals surface area contributed by atoms with Crippen LogP contribution in [0.5, 0.6) is 5.75 Å². The molecule has 0 aliphatic rings. The number of carbonyl (C=O) groups excluding carboxylic acids is 2. The van der Waals surface area contributed by atoms with Crippen molar-refractivity contribution in [1.82, 2.24) is 10.6 Å². The number of amides is 2. The topological polar surface area (TPSA) is 93.5 Å². The van der Waals surface area contributed by atoms with Crippen molar-refractivity contribution >= 4 is 11.8 Å². The highest BCUT2D eigenvalue weighted by atomic mass is 16.5. The van der Waals surface area contributed by atoms with Gasteiger partial charge in [0, 0.05) is 18.7 Å². The van der Waals surface area contributed by atoms with E-state index in [-0.39, 0.29) is 18.4 Å². The molecule has 1 aromatic carbocycles. The summed E-state index contributed by atoms with van der Waals surface area (Å²) in [6.45, 7) is 0.650. The molecule has 6 nitrogen and oxygen atoms in total. The SMILES string of the molecule is COc1cccc(C(=O)NCCNC(=O)CN)c1. The molecule has 0 bridgehead atoms. The maximum absolute atomic E-state index is 11.7. The van der Waals surface area contributed by atoms with Gasteiger partial charge < -0.3 is 21.1 Å². The molecule has 0 spiro atoms. The Morgan fingerprint density at radius 3 is 2.67 bits per heavy atom. The standard InChI is InChI=1S/C12H17N3O3/c1-18-10-4-2-3-9(7-10)12(17)15-6-5-14-11(16)8-13/h2-4,7H,5-6,8,13H2,1H3,(H,14,16)(H,15,17). The van der Waals surface area contributed by atoms with Gasteiger partial charge >= 0.3 is 0 Å². The lowest BCUT2D eigenvalue weighted by Crippen LogP contribution is -2.37. The summed E-state index contributed by atoms with van der Waals surface area (Å²) < 4.78 is 5.03. The summed E-state index contributed by atoms with van der Waals surface area (Å²) in [6, 6.07) is 6.84. The molecular weight excluding hydrogens is 234 g/mol. The van der Waals surface area contributed by atoms with Crippen molar-refractivity contribution in [3.8, 4) is 5.75 Å². The van der Waals surface area contributed by atoms with E-state index >= 15 is 0 Å². The highest BCUT2D eigenvalue weighted by molar-refractivity contribution is 5.94. The summed E-state index contributed by atoms with van der Waals surface area (Å²) >= 11 is 0. The molecule has 98 valence electrons. The number of nitrogens with one attached hydrogen (secondary N) is 2. The third-order valence-electron chi connectivity index (χ3n) is 2.25. The van der Waals surface area contributed by atoms with Crippen LogP contribution >= 0.6 is 0 Å². The van der Waals surface area contributed by atoms with Gasteiger partial charge in [-0.2, -0.15) is 0 Å². The zero-order valence-electron chi connectivity index (χ0n) is 10.2. The van der Waals surface area contributed by atoms with E-state index in [1.807, 2.05) is 0 Å². The number of nitrogens with two attached hydrogens (primary N) is 1. The zero-order valence-corrected chi connectivity index (χ0v) is 10.2. The Bertz CT molecular complexity index is 421. The fourth-order valence-electron chi connectivity index (χ4n) is 1.32. The van der Waals surface area contributed by atoms with Gasteiger partial charge in [-0.15, -0.1) is 0 Å². The van der Waals surface area contributed by atoms with E-state index in [1.54, 1.807) is 31.4 Å². The maximum Gasteiger partial charge on any atom is 0.251 e. The summed E-state index contributed by atoms with van der Waals surface area (Å²) in [7, 11) is 1.54. The molecule has 6 heteroatoms. The van der Waals surface area contributed by atoms with Crippen molar-refractivity contribution < 1.29 is 14.3 Å². The predicted molar refractivity (Wildman–Crippen MR) is 67.4 cm³/mol. The number of hydrogen-bond donors (Lipinski definition) is 3. The van der Waals surface area contributed by atoms with Crippen molar-refractivity contribution in [2.24, 2.45) is 5.73 Å². The van der Waals surface area contributed by atoms with Crippen molar-refractivity contribution in [2.75, 3.05) is 26.7 Å². The molecule has 0 fully saturated rings. The van der Waals surface area contributed by atoms with E-state index in [0.29, 0.717) is 24.4 Å². The van der Waals surface area contributed by atoms with Gasteiger partial charge in [0.2, 0.25) is 5.91 Å². The first-order valence-electron chi connectivity index (χ1n) is 5.56. The van der Waals surface area contributed by atoms with Gasteiger partial charge in [-0.25, -0.2) is 0 Å². The van der Waals surface area contributed by atoms with Gasteiger partial charge in [-0.1, -0.05) is 6.07 Å². The van der Waals surface area contributed by atoms with Gasteiger partial charge in [0.25, 0.3) is 5.91 Å². The minimum absolute atomic E-state index is 0.0518. The molecule has 0 aromatic heterocycles. The van der Waals surface area contributed by atoms with Gasteiger partial charge in [-0.05, 0) is 18.2 Å². The van der Waals surface area contributed by atoms with E-state index in [2.05, 4.69) is 10.6 Å². The van der Waals surface area contributed by atoms with E-state index in [9.17, 15) is 9.59 Å². The molecule has 0 heterocycles. The molecule has 0 radical (unpaired) electrons. The first-order chi connectivity index (χ1) is 8.67. The van der Waals surface area contributed by atoms with Gasteiger partial charge in [0.05, 0.1) is 13.7 Å². The molecule has 2 amide bonds.